The van der Waals surface area contributed by atoms with Crippen molar-refractivity contribution in [3.05, 3.63) is 69.5 Å². The van der Waals surface area contributed by atoms with E-state index >= 15 is 0 Å². The first-order valence-corrected chi connectivity index (χ1v) is 5.73. The zero-order chi connectivity index (χ0) is 14.2. The van der Waals surface area contributed by atoms with Gasteiger partial charge in [-0.15, -0.1) is 0 Å². The van der Waals surface area contributed by atoms with Crippen molar-refractivity contribution in [3.8, 4) is 0 Å². The van der Waals surface area contributed by atoms with Gasteiger partial charge in [-0.1, -0.05) is 11.6 Å². The monoisotopic (exact) mass is 284 g/mol. The normalized spacial score (nSPS) is 10.6. The smallest absolute Gasteiger partial charge is 0.196 e. The van der Waals surface area contributed by atoms with Crippen LogP contribution in [0.3, 0.4) is 0 Å². The Morgan fingerprint density at radius 3 is 2.21 bits per heavy atom. The number of carbonyl (C=O) groups is 1. The van der Waals surface area contributed by atoms with Crippen LogP contribution in [0.2, 0.25) is 5.02 Å². The molecule has 0 unspecified atom stereocenters. The van der Waals surface area contributed by atoms with E-state index < -0.39 is 28.8 Å². The van der Waals surface area contributed by atoms with E-state index in [2.05, 4.69) is 0 Å². The minimum absolute atomic E-state index is 0.189. The summed E-state index contributed by atoms with van der Waals surface area (Å²) in [6.45, 7) is 1.62. The number of aryl methyl sites for hydroxylation is 1. The average molecular weight is 285 g/mol. The third-order valence-electron chi connectivity index (χ3n) is 2.69. The summed E-state index contributed by atoms with van der Waals surface area (Å²) in [5.41, 5.74) is 0.209. The number of halogens is 4. The Bertz CT molecular complexity index is 668. The Morgan fingerprint density at radius 1 is 0.947 bits per heavy atom. The highest BCUT2D eigenvalue weighted by Gasteiger charge is 2.19. The van der Waals surface area contributed by atoms with E-state index in [1.54, 1.807) is 6.92 Å². The molecule has 0 spiro atoms. The van der Waals surface area contributed by atoms with Gasteiger partial charge in [-0.2, -0.15) is 0 Å². The summed E-state index contributed by atoms with van der Waals surface area (Å²) in [5, 5.41) is 0.430. The molecule has 0 saturated carbocycles. The second kappa shape index (κ2) is 5.05. The van der Waals surface area contributed by atoms with E-state index in [0.717, 1.165) is 0 Å². The van der Waals surface area contributed by atoms with Crippen LogP contribution in [-0.2, 0) is 0 Å². The van der Waals surface area contributed by atoms with Crippen LogP contribution in [0.5, 0.6) is 0 Å². The standard InChI is InChI=1S/C14H8ClF3O/c1-7-4-8(15)2-3-9(7)14(19)10-5-12(17)13(18)6-11(10)16/h2-6H,1H3. The highest BCUT2D eigenvalue weighted by molar-refractivity contribution is 6.30. The quantitative estimate of drug-likeness (QED) is 0.594. The number of hydrogen-bond donors (Lipinski definition) is 0. The highest BCUT2D eigenvalue weighted by Crippen LogP contribution is 2.21. The van der Waals surface area contributed by atoms with Crippen molar-refractivity contribution in [1.29, 1.82) is 0 Å². The molecule has 0 saturated heterocycles. The third-order valence-corrected chi connectivity index (χ3v) is 2.92. The Balaban J connectivity index is 2.53. The van der Waals surface area contributed by atoms with Crippen molar-refractivity contribution in [3.63, 3.8) is 0 Å². The van der Waals surface area contributed by atoms with Gasteiger partial charge in [-0.3, -0.25) is 4.79 Å². The molecule has 0 atom stereocenters. The average Bonchev–Trinajstić information content (AvgIpc) is 2.33. The van der Waals surface area contributed by atoms with Gasteiger partial charge < -0.3 is 0 Å². The van der Waals surface area contributed by atoms with Crippen LogP contribution in [0, 0.1) is 24.4 Å². The lowest BCUT2D eigenvalue weighted by Crippen LogP contribution is -2.07. The summed E-state index contributed by atoms with van der Waals surface area (Å²) in [6, 6.07) is 5.34. The van der Waals surface area contributed by atoms with Crippen molar-refractivity contribution in [2.75, 3.05) is 0 Å². The fraction of sp³-hybridized carbons (Fsp3) is 0.0714. The van der Waals surface area contributed by atoms with Gasteiger partial charge in [0.25, 0.3) is 0 Å². The van der Waals surface area contributed by atoms with E-state index in [1.807, 2.05) is 0 Å². The Hall–Kier alpha value is -1.81. The lowest BCUT2D eigenvalue weighted by molar-refractivity contribution is 0.103. The molecule has 0 aliphatic heterocycles. The van der Waals surface area contributed by atoms with Gasteiger partial charge in [-0.25, -0.2) is 13.2 Å². The molecule has 5 heteroatoms. The third kappa shape index (κ3) is 2.63. The molecule has 1 nitrogen and oxygen atoms in total. The van der Waals surface area contributed by atoms with Crippen LogP contribution in [0.4, 0.5) is 13.2 Å². The van der Waals surface area contributed by atoms with Gasteiger partial charge in [0.2, 0.25) is 0 Å². The van der Waals surface area contributed by atoms with E-state index in [0.29, 0.717) is 22.7 Å². The van der Waals surface area contributed by atoms with E-state index in [1.165, 1.54) is 18.2 Å². The molecule has 0 N–H and O–H groups in total. The number of carbonyl (C=O) groups excluding carboxylic acids is 1. The second-order valence-corrected chi connectivity index (χ2v) is 4.47. The van der Waals surface area contributed by atoms with E-state index in [-0.39, 0.29) is 5.56 Å². The van der Waals surface area contributed by atoms with Gasteiger partial charge in [-0.05, 0) is 36.8 Å². The largest absolute Gasteiger partial charge is 0.288 e. The number of rotatable bonds is 2. The zero-order valence-electron chi connectivity index (χ0n) is 9.81. The van der Waals surface area contributed by atoms with E-state index in [4.69, 9.17) is 11.6 Å². The number of hydrogen-bond acceptors (Lipinski definition) is 1. The molecule has 2 rings (SSSR count). The molecule has 0 bridgehead atoms. The molecule has 0 aliphatic rings. The first-order valence-electron chi connectivity index (χ1n) is 5.35. The van der Waals surface area contributed by atoms with Gasteiger partial charge >= 0.3 is 0 Å². The Kier molecular flexibility index (Phi) is 3.62. The zero-order valence-corrected chi connectivity index (χ0v) is 10.6. The maximum atomic E-state index is 13.5. The summed E-state index contributed by atoms with van der Waals surface area (Å²) in [6.07, 6.45) is 0. The van der Waals surface area contributed by atoms with Crippen LogP contribution < -0.4 is 0 Å². The van der Waals surface area contributed by atoms with Crippen LogP contribution in [0.25, 0.3) is 0 Å². The first kappa shape index (κ1) is 13.6. The van der Waals surface area contributed by atoms with E-state index in [9.17, 15) is 18.0 Å². The maximum absolute atomic E-state index is 13.5. The summed E-state index contributed by atoms with van der Waals surface area (Å²) in [5.74, 6) is -4.41. The SMILES string of the molecule is Cc1cc(Cl)ccc1C(=O)c1cc(F)c(F)cc1F. The molecule has 98 valence electrons. The van der Waals surface area contributed by atoms with Crippen molar-refractivity contribution in [2.45, 2.75) is 6.92 Å². The molecule has 0 radical (unpaired) electrons. The maximum Gasteiger partial charge on any atom is 0.196 e. The van der Waals surface area contributed by atoms with Crippen LogP contribution in [0.1, 0.15) is 21.5 Å². The van der Waals surface area contributed by atoms with Gasteiger partial charge in [0, 0.05) is 16.7 Å². The minimum Gasteiger partial charge on any atom is -0.288 e. The van der Waals surface area contributed by atoms with Crippen LogP contribution in [0.15, 0.2) is 30.3 Å². The minimum atomic E-state index is -1.33. The predicted octanol–water partition coefficient (Wildman–Crippen LogP) is 4.30. The van der Waals surface area contributed by atoms with Gasteiger partial charge in [0.15, 0.2) is 17.4 Å². The fourth-order valence-electron chi connectivity index (χ4n) is 1.72. The van der Waals surface area contributed by atoms with Crippen molar-refractivity contribution in [1.82, 2.24) is 0 Å². The van der Waals surface area contributed by atoms with Crippen LogP contribution in [-0.4, -0.2) is 5.78 Å². The topological polar surface area (TPSA) is 17.1 Å². The second-order valence-electron chi connectivity index (χ2n) is 4.03. The summed E-state index contributed by atoms with van der Waals surface area (Å²) < 4.78 is 39.4. The first-order chi connectivity index (χ1) is 8.90. The lowest BCUT2D eigenvalue weighted by atomic mass is 9.98. The molecule has 0 aromatic heterocycles. The van der Waals surface area contributed by atoms with Crippen molar-refractivity contribution in [2.24, 2.45) is 0 Å². The highest BCUT2D eigenvalue weighted by atomic mass is 35.5. The van der Waals surface area contributed by atoms with Crippen molar-refractivity contribution >= 4 is 17.4 Å². The molecule has 19 heavy (non-hydrogen) atoms. The molecular weight excluding hydrogens is 277 g/mol. The molecule has 0 fully saturated rings. The Morgan fingerprint density at radius 2 is 1.58 bits per heavy atom. The molecule has 2 aromatic carbocycles. The van der Waals surface area contributed by atoms with Crippen molar-refractivity contribution < 1.29 is 18.0 Å². The lowest BCUT2D eigenvalue weighted by Gasteiger charge is -2.07. The predicted molar refractivity (Wildman–Crippen MR) is 65.9 cm³/mol. The Labute approximate surface area is 112 Å². The molecular formula is C14H8ClF3O. The number of ketones is 1. The summed E-state index contributed by atoms with van der Waals surface area (Å²) >= 11 is 5.75. The van der Waals surface area contributed by atoms with Crippen LogP contribution >= 0.6 is 11.6 Å². The summed E-state index contributed by atoms with van der Waals surface area (Å²) in [4.78, 5) is 12.1. The number of benzene rings is 2. The van der Waals surface area contributed by atoms with Gasteiger partial charge in [0.05, 0.1) is 5.56 Å². The molecule has 0 amide bonds. The molecule has 2 aromatic rings. The summed E-state index contributed by atoms with van der Waals surface area (Å²) in [7, 11) is 0. The molecule has 0 aliphatic carbocycles. The fourth-order valence-corrected chi connectivity index (χ4v) is 1.95. The van der Waals surface area contributed by atoms with Gasteiger partial charge in [0.1, 0.15) is 5.82 Å². The molecule has 0 heterocycles.